The molecule has 2 heterocycles. The number of ether oxygens (including phenoxy) is 1. The topological polar surface area (TPSA) is 96.8 Å². The van der Waals surface area contributed by atoms with Crippen LogP contribution in [0.1, 0.15) is 5.69 Å². The molecular formula is C16H18N2O5S2. The van der Waals surface area contributed by atoms with E-state index in [1.54, 1.807) is 24.3 Å². The van der Waals surface area contributed by atoms with E-state index < -0.39 is 16.0 Å². The third kappa shape index (κ3) is 3.95. The maximum absolute atomic E-state index is 12.8. The van der Waals surface area contributed by atoms with Crippen molar-refractivity contribution in [1.82, 2.24) is 9.29 Å². The molecule has 25 heavy (non-hydrogen) atoms. The number of carbonyl (C=O) groups is 1. The largest absolute Gasteiger partial charge is 0.481 e. The molecule has 1 fully saturated rings. The highest BCUT2D eigenvalue weighted by Gasteiger charge is 2.26. The number of carboxylic acid groups (broad SMARTS) is 1. The van der Waals surface area contributed by atoms with E-state index in [2.05, 4.69) is 4.98 Å². The number of hydrogen-bond donors (Lipinski definition) is 1. The Bertz CT molecular complexity index is 908. The molecule has 0 saturated carbocycles. The molecule has 0 radical (unpaired) electrons. The van der Waals surface area contributed by atoms with Gasteiger partial charge in [-0.1, -0.05) is 0 Å². The molecule has 1 aliphatic rings. The summed E-state index contributed by atoms with van der Waals surface area (Å²) in [5.41, 5.74) is 1.40. The van der Waals surface area contributed by atoms with Gasteiger partial charge in [-0.3, -0.25) is 9.78 Å². The molecule has 0 spiro atoms. The second kappa shape index (κ2) is 7.28. The lowest BCUT2D eigenvalue weighted by atomic mass is 10.2. The summed E-state index contributed by atoms with van der Waals surface area (Å²) in [5.74, 6) is -1.02. The average molecular weight is 382 g/mol. The second-order valence-corrected chi connectivity index (χ2v) is 8.59. The molecule has 1 N–H and O–H groups in total. The normalized spacial score (nSPS) is 16.2. The molecule has 0 atom stereocenters. The van der Waals surface area contributed by atoms with Crippen LogP contribution >= 0.6 is 11.8 Å². The van der Waals surface area contributed by atoms with Gasteiger partial charge < -0.3 is 9.84 Å². The number of nitrogens with zero attached hydrogens (tertiary/aromatic N) is 2. The zero-order chi connectivity index (χ0) is 18.0. The number of aryl methyl sites for hydroxylation is 1. The van der Waals surface area contributed by atoms with Gasteiger partial charge in [-0.15, -0.1) is 11.8 Å². The van der Waals surface area contributed by atoms with Crippen LogP contribution in [0.15, 0.2) is 34.1 Å². The van der Waals surface area contributed by atoms with Gasteiger partial charge in [0.25, 0.3) is 0 Å². The highest BCUT2D eigenvalue weighted by atomic mass is 32.2. The first kappa shape index (κ1) is 18.1. The monoisotopic (exact) mass is 382 g/mol. The van der Waals surface area contributed by atoms with Crippen LogP contribution in [0.2, 0.25) is 0 Å². The van der Waals surface area contributed by atoms with Crippen molar-refractivity contribution >= 4 is 38.7 Å². The zero-order valence-electron chi connectivity index (χ0n) is 13.6. The van der Waals surface area contributed by atoms with Gasteiger partial charge in [0.1, 0.15) is 0 Å². The first-order chi connectivity index (χ1) is 11.9. The number of thioether (sulfide) groups is 1. The molecule has 2 aromatic rings. The van der Waals surface area contributed by atoms with Gasteiger partial charge in [0.15, 0.2) is 0 Å². The van der Waals surface area contributed by atoms with Crippen LogP contribution in [0.5, 0.6) is 0 Å². The fourth-order valence-electron chi connectivity index (χ4n) is 2.66. The number of morpholine rings is 1. The Balaban J connectivity index is 2.04. The Labute approximate surface area is 150 Å². The lowest BCUT2D eigenvalue weighted by Crippen LogP contribution is -2.40. The lowest BCUT2D eigenvalue weighted by Gasteiger charge is -2.26. The van der Waals surface area contributed by atoms with Crippen molar-refractivity contribution in [3.63, 3.8) is 0 Å². The Morgan fingerprint density at radius 1 is 1.32 bits per heavy atom. The minimum absolute atomic E-state index is 0.0982. The summed E-state index contributed by atoms with van der Waals surface area (Å²) < 4.78 is 32.3. The Kier molecular flexibility index (Phi) is 5.28. The fraction of sp³-hybridized carbons (Fsp3) is 0.375. The number of fused-ring (bicyclic) bond motifs is 1. The molecule has 3 rings (SSSR count). The van der Waals surface area contributed by atoms with Crippen molar-refractivity contribution in [2.24, 2.45) is 0 Å². The van der Waals surface area contributed by atoms with Crippen LogP contribution in [0.4, 0.5) is 0 Å². The summed E-state index contributed by atoms with van der Waals surface area (Å²) in [5, 5.41) is 9.56. The molecule has 0 bridgehead atoms. The van der Waals surface area contributed by atoms with E-state index in [0.29, 0.717) is 42.1 Å². The van der Waals surface area contributed by atoms with Crippen molar-refractivity contribution < 1.29 is 23.1 Å². The third-order valence-corrected chi connectivity index (χ3v) is 6.76. The average Bonchev–Trinajstić information content (AvgIpc) is 2.59. The molecule has 7 nitrogen and oxygen atoms in total. The van der Waals surface area contributed by atoms with E-state index >= 15 is 0 Å². The summed E-state index contributed by atoms with van der Waals surface area (Å²) in [4.78, 5) is 16.2. The van der Waals surface area contributed by atoms with Crippen molar-refractivity contribution in [3.05, 3.63) is 30.0 Å². The molecule has 1 aromatic heterocycles. The van der Waals surface area contributed by atoms with Crippen molar-refractivity contribution in [2.75, 3.05) is 32.1 Å². The molecular weight excluding hydrogens is 364 g/mol. The highest BCUT2D eigenvalue weighted by molar-refractivity contribution is 8.00. The second-order valence-electron chi connectivity index (χ2n) is 5.64. The van der Waals surface area contributed by atoms with Crippen LogP contribution in [-0.2, 0) is 19.6 Å². The van der Waals surface area contributed by atoms with Crippen molar-refractivity contribution in [2.45, 2.75) is 16.7 Å². The number of benzene rings is 1. The Morgan fingerprint density at radius 3 is 2.72 bits per heavy atom. The molecule has 0 amide bonds. The lowest BCUT2D eigenvalue weighted by molar-refractivity contribution is -0.133. The number of rotatable bonds is 5. The molecule has 1 saturated heterocycles. The minimum Gasteiger partial charge on any atom is -0.481 e. The maximum Gasteiger partial charge on any atom is 0.313 e. The number of sulfonamides is 1. The van der Waals surface area contributed by atoms with Gasteiger partial charge in [-0.25, -0.2) is 8.42 Å². The van der Waals surface area contributed by atoms with Gasteiger partial charge in [-0.2, -0.15) is 4.31 Å². The smallest absolute Gasteiger partial charge is 0.313 e. The molecule has 9 heteroatoms. The summed E-state index contributed by atoms with van der Waals surface area (Å²) in [6.45, 7) is 3.24. The maximum atomic E-state index is 12.8. The summed E-state index contributed by atoms with van der Waals surface area (Å²) in [6, 6.07) is 6.57. The third-order valence-electron chi connectivity index (χ3n) is 3.83. The molecule has 134 valence electrons. The van der Waals surface area contributed by atoms with Crippen LogP contribution < -0.4 is 0 Å². The van der Waals surface area contributed by atoms with Crippen molar-refractivity contribution in [3.8, 4) is 0 Å². The van der Waals surface area contributed by atoms with E-state index in [1.807, 2.05) is 6.92 Å². The van der Waals surface area contributed by atoms with E-state index in [1.165, 1.54) is 4.31 Å². The number of aliphatic carboxylic acids is 1. The summed E-state index contributed by atoms with van der Waals surface area (Å²) in [6.07, 6.45) is 0. The van der Waals surface area contributed by atoms with Crippen LogP contribution in [0, 0.1) is 6.92 Å². The predicted molar refractivity (Wildman–Crippen MR) is 94.4 cm³/mol. The molecule has 1 aromatic carbocycles. The quantitative estimate of drug-likeness (QED) is 0.787. The first-order valence-corrected chi connectivity index (χ1v) is 10.1. The first-order valence-electron chi connectivity index (χ1n) is 7.72. The van der Waals surface area contributed by atoms with Gasteiger partial charge in [0, 0.05) is 29.1 Å². The molecule has 0 unspecified atom stereocenters. The van der Waals surface area contributed by atoms with E-state index in [0.717, 1.165) is 17.5 Å². The van der Waals surface area contributed by atoms with Crippen LogP contribution in [0.25, 0.3) is 10.9 Å². The summed E-state index contributed by atoms with van der Waals surface area (Å²) >= 11 is 1.16. The number of aromatic nitrogens is 1. The summed E-state index contributed by atoms with van der Waals surface area (Å²) in [7, 11) is -3.61. The molecule has 0 aliphatic carbocycles. The Morgan fingerprint density at radius 2 is 2.04 bits per heavy atom. The van der Waals surface area contributed by atoms with E-state index in [-0.39, 0.29) is 10.6 Å². The van der Waals surface area contributed by atoms with Gasteiger partial charge in [0.2, 0.25) is 10.0 Å². The number of pyridine rings is 1. The highest BCUT2D eigenvalue weighted by Crippen LogP contribution is 2.30. The van der Waals surface area contributed by atoms with E-state index in [4.69, 9.17) is 9.84 Å². The van der Waals surface area contributed by atoms with Gasteiger partial charge in [-0.05, 0) is 31.2 Å². The standard InChI is InChI=1S/C16H18N2O5S2/c1-11-8-15(24-10-16(19)20)13-9-12(2-3-14(13)17-11)25(21,22)18-4-6-23-7-5-18/h2-3,8-9H,4-7,10H2,1H3,(H,19,20). The van der Waals surface area contributed by atoms with Gasteiger partial charge >= 0.3 is 5.97 Å². The predicted octanol–water partition coefficient (Wildman–Crippen LogP) is 1.74. The minimum atomic E-state index is -3.61. The van der Waals surface area contributed by atoms with Crippen LogP contribution in [-0.4, -0.2) is 60.8 Å². The fourth-order valence-corrected chi connectivity index (χ4v) is 4.94. The van der Waals surface area contributed by atoms with Gasteiger partial charge in [0.05, 0.1) is 29.4 Å². The zero-order valence-corrected chi connectivity index (χ0v) is 15.3. The molecule has 1 aliphatic heterocycles. The number of carboxylic acids is 1. The van der Waals surface area contributed by atoms with Crippen LogP contribution in [0.3, 0.4) is 0 Å². The van der Waals surface area contributed by atoms with E-state index in [9.17, 15) is 13.2 Å². The Hall–Kier alpha value is -1.68. The number of hydrogen-bond acceptors (Lipinski definition) is 6. The van der Waals surface area contributed by atoms with Crippen molar-refractivity contribution in [1.29, 1.82) is 0 Å². The SMILES string of the molecule is Cc1cc(SCC(=O)O)c2cc(S(=O)(=O)N3CCOCC3)ccc2n1.